The number of aliphatic hydroxyl groups excluding tert-OH is 1. The molecule has 2 amide bonds. The lowest BCUT2D eigenvalue weighted by Gasteiger charge is -2.39. The van der Waals surface area contributed by atoms with Crippen LogP contribution >= 0.6 is 15.9 Å². The number of esters is 1. The molecule has 3 fully saturated rings. The maximum absolute atomic E-state index is 14.1. The number of carbonyl (C=O) groups is 3. The van der Waals surface area contributed by atoms with Crippen molar-refractivity contribution in [1.82, 2.24) is 4.90 Å². The smallest absolute Gasteiger partial charge is 0.312 e. The van der Waals surface area contributed by atoms with Crippen LogP contribution in [0.4, 0.5) is 5.69 Å². The zero-order chi connectivity index (χ0) is 25.7. The molecule has 8 atom stereocenters. The average molecular weight is 551 g/mol. The summed E-state index contributed by atoms with van der Waals surface area (Å²) in [6, 6.07) is 4.18. The van der Waals surface area contributed by atoms with Crippen LogP contribution in [0.15, 0.2) is 18.2 Å². The summed E-state index contributed by atoms with van der Waals surface area (Å²) in [5, 5.41) is 13.4. The maximum atomic E-state index is 14.1. The van der Waals surface area contributed by atoms with Gasteiger partial charge in [0.2, 0.25) is 11.8 Å². The summed E-state index contributed by atoms with van der Waals surface area (Å²) >= 11 is 3.65. The van der Waals surface area contributed by atoms with E-state index in [0.717, 1.165) is 11.1 Å². The van der Waals surface area contributed by atoms with Gasteiger partial charge in [0.05, 0.1) is 37.2 Å². The Balaban J connectivity index is 1.81. The van der Waals surface area contributed by atoms with Crippen LogP contribution in [0.2, 0.25) is 0 Å². The predicted molar refractivity (Wildman–Crippen MR) is 134 cm³/mol. The van der Waals surface area contributed by atoms with Crippen molar-refractivity contribution >= 4 is 39.4 Å². The number of ether oxygens (including phenoxy) is 2. The Morgan fingerprint density at radius 1 is 1.31 bits per heavy atom. The molecule has 35 heavy (non-hydrogen) atoms. The lowest BCUT2D eigenvalue weighted by molar-refractivity contribution is -0.155. The predicted octanol–water partition coefficient (Wildman–Crippen LogP) is 2.96. The summed E-state index contributed by atoms with van der Waals surface area (Å²) in [5.41, 5.74) is 1.32. The zero-order valence-electron chi connectivity index (χ0n) is 20.9. The molecule has 4 rings (SSSR count). The topological polar surface area (TPSA) is 105 Å². The largest absolute Gasteiger partial charge is 0.466 e. The highest BCUT2D eigenvalue weighted by Crippen LogP contribution is 2.60. The molecule has 3 heterocycles. The Bertz CT molecular complexity index is 997. The molecule has 2 N–H and O–H groups in total. The lowest BCUT2D eigenvalue weighted by Crippen LogP contribution is -2.57. The van der Waals surface area contributed by atoms with Gasteiger partial charge in [0.15, 0.2) is 0 Å². The van der Waals surface area contributed by atoms with E-state index in [1.165, 1.54) is 4.90 Å². The Hall–Kier alpha value is -1.97. The number of fused-ring (bicyclic) bond motifs is 1. The molecule has 3 saturated heterocycles. The summed E-state index contributed by atoms with van der Waals surface area (Å²) < 4.78 is 11.8. The van der Waals surface area contributed by atoms with Crippen molar-refractivity contribution in [3.63, 3.8) is 0 Å². The molecule has 192 valence electrons. The third kappa shape index (κ3) is 4.00. The van der Waals surface area contributed by atoms with Gasteiger partial charge in [-0.15, -0.1) is 0 Å². The van der Waals surface area contributed by atoms with Crippen molar-refractivity contribution in [2.45, 2.75) is 76.1 Å². The molecular formula is C26H35BrN2O6. The van der Waals surface area contributed by atoms with Gasteiger partial charge in [0.25, 0.3) is 0 Å². The first kappa shape index (κ1) is 26.1. The first-order chi connectivity index (χ1) is 16.6. The highest BCUT2D eigenvalue weighted by molar-refractivity contribution is 9.09. The van der Waals surface area contributed by atoms with Gasteiger partial charge in [0.1, 0.15) is 11.6 Å². The van der Waals surface area contributed by atoms with Gasteiger partial charge in [-0.1, -0.05) is 54.4 Å². The number of aryl methyl sites for hydroxylation is 2. The van der Waals surface area contributed by atoms with Gasteiger partial charge in [-0.05, 0) is 44.2 Å². The Kier molecular flexibility index (Phi) is 7.33. The summed E-state index contributed by atoms with van der Waals surface area (Å²) in [6.07, 6.45) is 0.560. The summed E-state index contributed by atoms with van der Waals surface area (Å²) in [6.45, 7) is 9.39. The van der Waals surface area contributed by atoms with Crippen molar-refractivity contribution in [2.24, 2.45) is 17.8 Å². The number of likely N-dealkylation sites (tertiary alicyclic amines) is 1. The fourth-order valence-electron chi connectivity index (χ4n) is 6.25. The second-order valence-electron chi connectivity index (χ2n) is 10.1. The number of halogens is 1. The summed E-state index contributed by atoms with van der Waals surface area (Å²) in [4.78, 5) is 42.4. The Morgan fingerprint density at radius 2 is 1.97 bits per heavy atom. The average Bonchev–Trinajstić information content (AvgIpc) is 3.40. The number of hydrogen-bond donors (Lipinski definition) is 2. The van der Waals surface area contributed by atoms with Gasteiger partial charge in [-0.2, -0.15) is 0 Å². The van der Waals surface area contributed by atoms with Crippen LogP contribution in [-0.2, 0) is 23.9 Å². The number of carbonyl (C=O) groups excluding carboxylic acids is 3. The van der Waals surface area contributed by atoms with Crippen LogP contribution in [0.1, 0.15) is 44.7 Å². The molecule has 2 bridgehead atoms. The number of hydrogen-bond acceptors (Lipinski definition) is 6. The van der Waals surface area contributed by atoms with Crippen LogP contribution in [0.25, 0.3) is 0 Å². The fraction of sp³-hybridized carbons (Fsp3) is 0.654. The van der Waals surface area contributed by atoms with Crippen LogP contribution in [0.3, 0.4) is 0 Å². The van der Waals surface area contributed by atoms with Gasteiger partial charge < -0.3 is 24.8 Å². The molecule has 3 unspecified atom stereocenters. The molecule has 3 aliphatic heterocycles. The minimum atomic E-state index is -1.19. The number of anilines is 1. The van der Waals surface area contributed by atoms with Gasteiger partial charge in [0, 0.05) is 10.5 Å². The molecule has 0 saturated carbocycles. The zero-order valence-corrected chi connectivity index (χ0v) is 22.5. The van der Waals surface area contributed by atoms with E-state index in [9.17, 15) is 19.5 Å². The Labute approximate surface area is 214 Å². The minimum absolute atomic E-state index is 0.0623. The molecule has 9 heteroatoms. The van der Waals surface area contributed by atoms with Crippen molar-refractivity contribution in [3.8, 4) is 0 Å². The van der Waals surface area contributed by atoms with Crippen molar-refractivity contribution < 1.29 is 29.0 Å². The third-order valence-corrected chi connectivity index (χ3v) is 8.95. The van der Waals surface area contributed by atoms with Crippen molar-refractivity contribution in [3.05, 3.63) is 29.3 Å². The monoisotopic (exact) mass is 550 g/mol. The van der Waals surface area contributed by atoms with Crippen LogP contribution in [0, 0.1) is 31.6 Å². The van der Waals surface area contributed by atoms with Crippen LogP contribution in [-0.4, -0.2) is 69.6 Å². The molecule has 1 spiro atoms. The molecular weight excluding hydrogens is 516 g/mol. The van der Waals surface area contributed by atoms with Gasteiger partial charge in [-0.25, -0.2) is 0 Å². The molecule has 8 nitrogen and oxygen atoms in total. The number of nitrogens with one attached hydrogen (secondary N) is 1. The maximum Gasteiger partial charge on any atom is 0.312 e. The van der Waals surface area contributed by atoms with Crippen molar-refractivity contribution in [2.75, 3.05) is 18.5 Å². The number of amides is 2. The molecule has 1 aromatic carbocycles. The molecule has 0 radical (unpaired) electrons. The molecule has 0 aromatic heterocycles. The third-order valence-electron chi connectivity index (χ3n) is 8.11. The standard InChI is InChI=1S/C26H35BrN2O6/c1-6-13(3)17(12-30)29-22(23(31)28-20-14(4)9-8-10-15(20)5)26-11-16(27)21(35-26)18(19(26)24(29)32)25(33)34-7-2/h8-10,13,16-19,21-22,30H,6-7,11-12H2,1-5H3,(H,28,31)/t13-,16?,17-,18+,19-,21+,22?,26?/m0/s1. The second kappa shape index (κ2) is 9.82. The van der Waals surface area contributed by atoms with E-state index >= 15 is 0 Å². The number of alkyl halides is 1. The van der Waals surface area contributed by atoms with E-state index in [-0.39, 0.29) is 35.8 Å². The van der Waals surface area contributed by atoms with E-state index < -0.39 is 41.6 Å². The molecule has 1 aromatic rings. The van der Waals surface area contributed by atoms with E-state index in [4.69, 9.17) is 9.47 Å². The van der Waals surface area contributed by atoms with Gasteiger partial charge in [-0.3, -0.25) is 14.4 Å². The van der Waals surface area contributed by atoms with E-state index in [2.05, 4.69) is 21.2 Å². The number of aliphatic hydroxyl groups is 1. The van der Waals surface area contributed by atoms with E-state index in [0.29, 0.717) is 18.5 Å². The Morgan fingerprint density at radius 3 is 2.54 bits per heavy atom. The van der Waals surface area contributed by atoms with Crippen LogP contribution in [0.5, 0.6) is 0 Å². The molecule has 3 aliphatic rings. The summed E-state index contributed by atoms with van der Waals surface area (Å²) in [7, 11) is 0. The molecule has 0 aliphatic carbocycles. The van der Waals surface area contributed by atoms with Crippen molar-refractivity contribution in [1.29, 1.82) is 0 Å². The number of rotatable bonds is 8. The highest BCUT2D eigenvalue weighted by Gasteiger charge is 2.77. The minimum Gasteiger partial charge on any atom is -0.466 e. The van der Waals surface area contributed by atoms with Gasteiger partial charge >= 0.3 is 5.97 Å². The first-order valence-electron chi connectivity index (χ1n) is 12.4. The number of para-hydroxylation sites is 1. The highest BCUT2D eigenvalue weighted by atomic mass is 79.9. The van der Waals surface area contributed by atoms with E-state index in [1.54, 1.807) is 6.92 Å². The normalized spacial score (nSPS) is 32.9. The van der Waals surface area contributed by atoms with Crippen LogP contribution < -0.4 is 5.32 Å². The lowest BCUT2D eigenvalue weighted by atomic mass is 9.70. The number of nitrogens with zero attached hydrogens (tertiary/aromatic N) is 1. The quantitative estimate of drug-likeness (QED) is 0.381. The van der Waals surface area contributed by atoms with E-state index in [1.807, 2.05) is 45.9 Å². The fourth-order valence-corrected chi connectivity index (χ4v) is 7.19. The summed E-state index contributed by atoms with van der Waals surface area (Å²) in [5.74, 6) is -2.89. The number of benzene rings is 1. The first-order valence-corrected chi connectivity index (χ1v) is 13.3. The second-order valence-corrected chi connectivity index (χ2v) is 11.2. The SMILES string of the molecule is CCOC(=O)[C@H]1[C@@H]2OC3(CC2Br)C(C(=O)Nc2c(C)cccc2C)N([C@@H](CO)[C@@H](C)CC)C(=O)[C@H]13.